The third-order valence-electron chi connectivity index (χ3n) is 3.23. The second kappa shape index (κ2) is 4.82. The van der Waals surface area contributed by atoms with Gasteiger partial charge in [0.2, 0.25) is 0 Å². The van der Waals surface area contributed by atoms with Gasteiger partial charge < -0.3 is 5.11 Å². The van der Waals surface area contributed by atoms with Crippen molar-refractivity contribution in [2.24, 2.45) is 0 Å². The first-order valence-corrected chi connectivity index (χ1v) is 6.37. The van der Waals surface area contributed by atoms with Gasteiger partial charge in [0.25, 0.3) is 0 Å². The summed E-state index contributed by atoms with van der Waals surface area (Å²) in [7, 11) is 0. The summed E-state index contributed by atoms with van der Waals surface area (Å²) < 4.78 is 2.23. The summed E-state index contributed by atoms with van der Waals surface area (Å²) in [6.07, 6.45) is 0. The van der Waals surface area contributed by atoms with Crippen molar-refractivity contribution < 1.29 is 5.11 Å². The van der Waals surface area contributed by atoms with Crippen LogP contribution >= 0.6 is 0 Å². The molecule has 0 saturated heterocycles. The zero-order chi connectivity index (χ0) is 15.0. The number of rotatable bonds is 2. The van der Waals surface area contributed by atoms with Crippen molar-refractivity contribution in [3.8, 4) is 17.1 Å². The van der Waals surface area contributed by atoms with Crippen LogP contribution in [0.2, 0.25) is 0 Å². The zero-order valence-electron chi connectivity index (χ0n) is 11.3. The van der Waals surface area contributed by atoms with Gasteiger partial charge in [-0.15, -0.1) is 0 Å². The van der Waals surface area contributed by atoms with Crippen molar-refractivity contribution in [3.63, 3.8) is 0 Å². The molecule has 106 valence electrons. The molecular weight excluding hydrogens is 270 g/mol. The van der Waals surface area contributed by atoms with Gasteiger partial charge in [-0.25, -0.2) is 23.9 Å². The smallest absolute Gasteiger partial charge is 0.356 e. The largest absolute Gasteiger partial charge is 0.508 e. The molecular formula is C15H13N3O3. The number of phenols is 1. The van der Waals surface area contributed by atoms with E-state index in [0.717, 1.165) is 4.57 Å². The lowest BCUT2D eigenvalue weighted by molar-refractivity contribution is 0.474. The summed E-state index contributed by atoms with van der Waals surface area (Å²) in [5.74, 6) is 0.106. The van der Waals surface area contributed by atoms with E-state index >= 15 is 0 Å². The van der Waals surface area contributed by atoms with Gasteiger partial charge in [-0.3, -0.25) is 0 Å². The van der Waals surface area contributed by atoms with Crippen molar-refractivity contribution in [1.82, 2.24) is 14.3 Å². The Morgan fingerprint density at radius 2 is 1.76 bits per heavy atom. The molecule has 0 spiro atoms. The summed E-state index contributed by atoms with van der Waals surface area (Å²) in [6, 6.07) is 13.3. The molecule has 0 atom stereocenters. The summed E-state index contributed by atoms with van der Waals surface area (Å²) >= 11 is 0. The molecule has 2 aromatic carbocycles. The predicted molar refractivity (Wildman–Crippen MR) is 78.4 cm³/mol. The number of hydrogen-bond donors (Lipinski definition) is 2. The Bertz CT molecular complexity index is 904. The van der Waals surface area contributed by atoms with E-state index < -0.39 is 11.4 Å². The number of phenolic OH excluding ortho intramolecular Hbond substituents is 1. The number of aryl methyl sites for hydroxylation is 1. The molecule has 0 radical (unpaired) electrons. The van der Waals surface area contributed by atoms with Gasteiger partial charge >= 0.3 is 11.4 Å². The highest BCUT2D eigenvalue weighted by molar-refractivity contribution is 5.44. The van der Waals surface area contributed by atoms with Gasteiger partial charge in [0.05, 0.1) is 11.4 Å². The zero-order valence-corrected chi connectivity index (χ0v) is 11.3. The topological polar surface area (TPSA) is 80.0 Å². The highest BCUT2D eigenvalue weighted by atomic mass is 16.3. The van der Waals surface area contributed by atoms with Crippen molar-refractivity contribution >= 4 is 0 Å². The molecule has 0 aliphatic rings. The van der Waals surface area contributed by atoms with Gasteiger partial charge in [0.1, 0.15) is 5.75 Å². The van der Waals surface area contributed by atoms with Crippen LogP contribution in [0.3, 0.4) is 0 Å². The van der Waals surface area contributed by atoms with E-state index in [1.165, 1.54) is 16.8 Å². The molecule has 0 unspecified atom stereocenters. The normalized spacial score (nSPS) is 10.7. The van der Waals surface area contributed by atoms with Gasteiger partial charge in [-0.05, 0) is 42.8 Å². The fourth-order valence-electron chi connectivity index (χ4n) is 2.24. The first kappa shape index (κ1) is 13.0. The van der Waals surface area contributed by atoms with E-state index in [4.69, 9.17) is 0 Å². The van der Waals surface area contributed by atoms with E-state index in [0.29, 0.717) is 16.9 Å². The Morgan fingerprint density at radius 3 is 2.43 bits per heavy atom. The van der Waals surface area contributed by atoms with Crippen LogP contribution in [0.25, 0.3) is 11.4 Å². The van der Waals surface area contributed by atoms with E-state index in [9.17, 15) is 14.7 Å². The van der Waals surface area contributed by atoms with E-state index in [2.05, 4.69) is 5.10 Å². The van der Waals surface area contributed by atoms with Crippen LogP contribution in [-0.4, -0.2) is 19.5 Å². The number of nitrogens with zero attached hydrogens (tertiary/aromatic N) is 2. The van der Waals surface area contributed by atoms with Crippen LogP contribution in [0.1, 0.15) is 5.56 Å². The molecule has 3 aromatic rings. The molecule has 6 heteroatoms. The van der Waals surface area contributed by atoms with E-state index in [1.54, 1.807) is 37.3 Å². The fourth-order valence-corrected chi connectivity index (χ4v) is 2.24. The molecule has 2 N–H and O–H groups in total. The second-order valence-corrected chi connectivity index (χ2v) is 4.68. The molecule has 1 heterocycles. The van der Waals surface area contributed by atoms with Crippen LogP contribution in [0.4, 0.5) is 0 Å². The number of nitrogens with one attached hydrogen (secondary N) is 1. The number of aromatic nitrogens is 3. The molecule has 6 nitrogen and oxygen atoms in total. The maximum absolute atomic E-state index is 12.5. The second-order valence-electron chi connectivity index (χ2n) is 4.68. The fraction of sp³-hybridized carbons (Fsp3) is 0.0667. The summed E-state index contributed by atoms with van der Waals surface area (Å²) in [5.41, 5.74) is 0.695. The van der Waals surface area contributed by atoms with Crippen LogP contribution < -0.4 is 11.4 Å². The SMILES string of the molecule is Cc1cc(O)ccc1-n1[nH]c(=O)n(-c2ccccc2)c1=O. The molecule has 3 rings (SSSR count). The molecule has 0 bridgehead atoms. The lowest BCUT2D eigenvalue weighted by atomic mass is 10.2. The lowest BCUT2D eigenvalue weighted by Crippen LogP contribution is -2.26. The average molecular weight is 283 g/mol. The van der Waals surface area contributed by atoms with Crippen molar-refractivity contribution in [3.05, 3.63) is 75.1 Å². The van der Waals surface area contributed by atoms with Gasteiger partial charge in [0, 0.05) is 0 Å². The van der Waals surface area contributed by atoms with Crippen LogP contribution in [0, 0.1) is 6.92 Å². The Labute approximate surface area is 119 Å². The number of hydrogen-bond acceptors (Lipinski definition) is 3. The Morgan fingerprint density at radius 1 is 1.05 bits per heavy atom. The third kappa shape index (κ3) is 2.16. The number of aromatic hydroxyl groups is 1. The maximum atomic E-state index is 12.5. The van der Waals surface area contributed by atoms with Crippen molar-refractivity contribution in [2.45, 2.75) is 6.92 Å². The molecule has 0 fully saturated rings. The summed E-state index contributed by atoms with van der Waals surface area (Å²) in [5, 5.41) is 11.9. The monoisotopic (exact) mass is 283 g/mol. The number of para-hydroxylation sites is 1. The quantitative estimate of drug-likeness (QED) is 0.744. The molecule has 0 aliphatic heterocycles. The van der Waals surface area contributed by atoms with E-state index in [1.807, 2.05) is 6.07 Å². The number of H-pyrrole nitrogens is 1. The van der Waals surface area contributed by atoms with Gasteiger partial charge in [-0.1, -0.05) is 18.2 Å². The molecule has 0 aliphatic carbocycles. The standard InChI is InChI=1S/C15H13N3O3/c1-10-9-12(19)7-8-13(10)18-15(21)17(14(20)16-18)11-5-3-2-4-6-11/h2-9,19H,1H3,(H,16,20). The van der Waals surface area contributed by atoms with Crippen molar-refractivity contribution in [2.75, 3.05) is 0 Å². The highest BCUT2D eigenvalue weighted by Crippen LogP contribution is 2.17. The Hall–Kier alpha value is -3.02. The maximum Gasteiger partial charge on any atom is 0.356 e. The van der Waals surface area contributed by atoms with E-state index in [-0.39, 0.29) is 5.75 Å². The first-order valence-electron chi connectivity index (χ1n) is 6.37. The van der Waals surface area contributed by atoms with Gasteiger partial charge in [-0.2, -0.15) is 0 Å². The Balaban J connectivity index is 2.24. The van der Waals surface area contributed by atoms with Crippen LogP contribution in [0.15, 0.2) is 58.1 Å². The minimum Gasteiger partial charge on any atom is -0.508 e. The highest BCUT2D eigenvalue weighted by Gasteiger charge is 2.13. The molecule has 0 amide bonds. The average Bonchev–Trinajstić information content (AvgIpc) is 2.75. The number of benzene rings is 2. The minimum atomic E-state index is -0.515. The lowest BCUT2D eigenvalue weighted by Gasteiger charge is -2.05. The predicted octanol–water partition coefficient (Wildman–Crippen LogP) is 1.33. The molecule has 0 saturated carbocycles. The van der Waals surface area contributed by atoms with Crippen LogP contribution in [0.5, 0.6) is 5.75 Å². The van der Waals surface area contributed by atoms with Crippen molar-refractivity contribution in [1.29, 1.82) is 0 Å². The third-order valence-corrected chi connectivity index (χ3v) is 3.23. The first-order chi connectivity index (χ1) is 10.1. The summed E-state index contributed by atoms with van der Waals surface area (Å²) in [6.45, 7) is 1.75. The molecule has 1 aromatic heterocycles. The van der Waals surface area contributed by atoms with Gasteiger partial charge in [0.15, 0.2) is 0 Å². The Kier molecular flexibility index (Phi) is 2.98. The minimum absolute atomic E-state index is 0.106. The summed E-state index contributed by atoms with van der Waals surface area (Å²) in [4.78, 5) is 24.5. The molecule has 21 heavy (non-hydrogen) atoms. The number of aromatic amines is 1. The van der Waals surface area contributed by atoms with Crippen LogP contribution in [-0.2, 0) is 0 Å².